The first-order valence-electron chi connectivity index (χ1n) is 11.4. The van der Waals surface area contributed by atoms with Crippen molar-refractivity contribution in [2.45, 2.75) is 32.2 Å². The second kappa shape index (κ2) is 10.5. The van der Waals surface area contributed by atoms with Gasteiger partial charge in [0.2, 0.25) is 0 Å². The van der Waals surface area contributed by atoms with Crippen LogP contribution in [0, 0.1) is 6.92 Å². The molecule has 0 saturated carbocycles. The number of nitrogens with one attached hydrogen (secondary N) is 2. The van der Waals surface area contributed by atoms with E-state index in [1.165, 1.54) is 24.0 Å². The summed E-state index contributed by atoms with van der Waals surface area (Å²) in [7, 11) is 3.54. The Bertz CT molecular complexity index is 1050. The average molecular weight is 435 g/mol. The molecular weight excluding hydrogens is 400 g/mol. The lowest BCUT2D eigenvalue weighted by Gasteiger charge is -2.29. The number of ether oxygens (including phenoxy) is 1. The van der Waals surface area contributed by atoms with E-state index in [4.69, 9.17) is 9.72 Å². The van der Waals surface area contributed by atoms with Crippen molar-refractivity contribution >= 4 is 11.6 Å². The van der Waals surface area contributed by atoms with Gasteiger partial charge >= 0.3 is 0 Å². The molecule has 1 aromatic carbocycles. The molecule has 0 radical (unpaired) electrons. The maximum absolute atomic E-state index is 5.46. The number of aromatic nitrogens is 2. The molecule has 1 aliphatic rings. The SMILES string of the molecule is CN=C(NCCc1cn2cccc(C)c2n1)NCC(c1cccc(OC)c1)N1CCCC1. The minimum atomic E-state index is 0.285. The van der Waals surface area contributed by atoms with Crippen LogP contribution >= 0.6 is 0 Å². The largest absolute Gasteiger partial charge is 0.497 e. The number of aliphatic imine (C=N–C) groups is 1. The van der Waals surface area contributed by atoms with Crippen LogP contribution in [0.3, 0.4) is 0 Å². The molecule has 4 rings (SSSR count). The van der Waals surface area contributed by atoms with Crippen LogP contribution in [0.1, 0.15) is 35.7 Å². The summed E-state index contributed by atoms with van der Waals surface area (Å²) < 4.78 is 7.55. The second-order valence-electron chi connectivity index (χ2n) is 8.32. The van der Waals surface area contributed by atoms with Crippen molar-refractivity contribution in [3.63, 3.8) is 0 Å². The van der Waals surface area contributed by atoms with Crippen LogP contribution in [-0.4, -0.2) is 60.6 Å². The molecule has 1 fully saturated rings. The third-order valence-corrected chi connectivity index (χ3v) is 6.15. The summed E-state index contributed by atoms with van der Waals surface area (Å²) in [6, 6.07) is 12.8. The van der Waals surface area contributed by atoms with Gasteiger partial charge in [0.15, 0.2) is 5.96 Å². The Morgan fingerprint density at radius 2 is 2.03 bits per heavy atom. The normalized spacial score (nSPS) is 15.8. The predicted molar refractivity (Wildman–Crippen MR) is 130 cm³/mol. The molecule has 7 nitrogen and oxygen atoms in total. The number of likely N-dealkylation sites (tertiary alicyclic amines) is 1. The number of aryl methyl sites for hydroxylation is 1. The number of benzene rings is 1. The number of fused-ring (bicyclic) bond motifs is 1. The highest BCUT2D eigenvalue weighted by Crippen LogP contribution is 2.27. The highest BCUT2D eigenvalue weighted by molar-refractivity contribution is 5.79. The smallest absolute Gasteiger partial charge is 0.191 e. The van der Waals surface area contributed by atoms with Gasteiger partial charge < -0.3 is 19.8 Å². The predicted octanol–water partition coefficient (Wildman–Crippen LogP) is 3.20. The van der Waals surface area contributed by atoms with E-state index in [0.717, 1.165) is 55.7 Å². The average Bonchev–Trinajstić information content (AvgIpc) is 3.49. The maximum atomic E-state index is 5.46. The Balaban J connectivity index is 1.35. The molecule has 1 aliphatic heterocycles. The Labute approximate surface area is 190 Å². The molecule has 0 aliphatic carbocycles. The van der Waals surface area contributed by atoms with Gasteiger partial charge in [0.1, 0.15) is 11.4 Å². The molecule has 0 spiro atoms. The highest BCUT2D eigenvalue weighted by atomic mass is 16.5. The Morgan fingerprint density at radius 3 is 2.78 bits per heavy atom. The number of rotatable bonds is 8. The molecule has 0 bridgehead atoms. The van der Waals surface area contributed by atoms with E-state index in [1.807, 2.05) is 19.3 Å². The first-order valence-corrected chi connectivity index (χ1v) is 11.4. The van der Waals surface area contributed by atoms with E-state index in [2.05, 4.69) is 68.4 Å². The fourth-order valence-corrected chi connectivity index (χ4v) is 4.41. The van der Waals surface area contributed by atoms with Crippen LogP contribution < -0.4 is 15.4 Å². The molecule has 1 atom stereocenters. The number of hydrogen-bond donors (Lipinski definition) is 2. The van der Waals surface area contributed by atoms with Crippen molar-refractivity contribution in [2.75, 3.05) is 40.3 Å². The Kier molecular flexibility index (Phi) is 7.27. The monoisotopic (exact) mass is 434 g/mol. The molecule has 2 N–H and O–H groups in total. The zero-order valence-electron chi connectivity index (χ0n) is 19.3. The Hall–Kier alpha value is -3.06. The van der Waals surface area contributed by atoms with Gasteiger partial charge in [-0.3, -0.25) is 9.89 Å². The quantitative estimate of drug-likeness (QED) is 0.421. The zero-order chi connectivity index (χ0) is 22.3. The van der Waals surface area contributed by atoms with Crippen LogP contribution in [0.4, 0.5) is 0 Å². The van der Waals surface area contributed by atoms with E-state index < -0.39 is 0 Å². The van der Waals surface area contributed by atoms with Gasteiger partial charge in [-0.05, 0) is 62.2 Å². The summed E-state index contributed by atoms with van der Waals surface area (Å²) >= 11 is 0. The summed E-state index contributed by atoms with van der Waals surface area (Å²) in [5, 5.41) is 6.98. The lowest BCUT2D eigenvalue weighted by molar-refractivity contribution is 0.245. The zero-order valence-corrected chi connectivity index (χ0v) is 19.3. The topological polar surface area (TPSA) is 66.2 Å². The molecular formula is C25H34N6O. The van der Waals surface area contributed by atoms with Gasteiger partial charge in [0, 0.05) is 39.0 Å². The highest BCUT2D eigenvalue weighted by Gasteiger charge is 2.24. The van der Waals surface area contributed by atoms with E-state index in [0.29, 0.717) is 0 Å². The molecule has 3 heterocycles. The summed E-state index contributed by atoms with van der Waals surface area (Å²) in [6.45, 7) is 5.91. The number of pyridine rings is 1. The van der Waals surface area contributed by atoms with Crippen molar-refractivity contribution in [1.82, 2.24) is 24.9 Å². The van der Waals surface area contributed by atoms with Crippen molar-refractivity contribution in [3.8, 4) is 5.75 Å². The van der Waals surface area contributed by atoms with E-state index in [1.54, 1.807) is 7.11 Å². The van der Waals surface area contributed by atoms with Gasteiger partial charge in [0.05, 0.1) is 18.8 Å². The third-order valence-electron chi connectivity index (χ3n) is 6.15. The summed E-state index contributed by atoms with van der Waals surface area (Å²) in [5.74, 6) is 1.72. The van der Waals surface area contributed by atoms with Crippen LogP contribution in [0.5, 0.6) is 5.75 Å². The van der Waals surface area contributed by atoms with Crippen LogP contribution in [0.15, 0.2) is 53.8 Å². The van der Waals surface area contributed by atoms with Crippen LogP contribution in [0.25, 0.3) is 5.65 Å². The third kappa shape index (κ3) is 5.22. The number of guanidine groups is 1. The molecule has 7 heteroatoms. The van der Waals surface area contributed by atoms with Crippen LogP contribution in [-0.2, 0) is 6.42 Å². The fraction of sp³-hybridized carbons (Fsp3) is 0.440. The summed E-state index contributed by atoms with van der Waals surface area (Å²) in [4.78, 5) is 11.7. The van der Waals surface area contributed by atoms with E-state index >= 15 is 0 Å². The molecule has 0 amide bonds. The molecule has 1 saturated heterocycles. The van der Waals surface area contributed by atoms with Crippen molar-refractivity contribution in [2.24, 2.45) is 4.99 Å². The Morgan fingerprint density at radius 1 is 1.19 bits per heavy atom. The van der Waals surface area contributed by atoms with Crippen molar-refractivity contribution in [3.05, 3.63) is 65.6 Å². The number of nitrogens with zero attached hydrogens (tertiary/aromatic N) is 4. The van der Waals surface area contributed by atoms with Gasteiger partial charge in [-0.25, -0.2) is 4.98 Å². The van der Waals surface area contributed by atoms with Crippen molar-refractivity contribution in [1.29, 1.82) is 0 Å². The fourth-order valence-electron chi connectivity index (χ4n) is 4.41. The first kappa shape index (κ1) is 22.1. The van der Waals surface area contributed by atoms with E-state index in [-0.39, 0.29) is 6.04 Å². The molecule has 32 heavy (non-hydrogen) atoms. The summed E-state index contributed by atoms with van der Waals surface area (Å²) in [6.07, 6.45) is 7.50. The maximum Gasteiger partial charge on any atom is 0.191 e. The minimum absolute atomic E-state index is 0.285. The van der Waals surface area contributed by atoms with Gasteiger partial charge in [-0.15, -0.1) is 0 Å². The standard InChI is InChI=1S/C25H34N6O/c1-19-8-7-15-31-18-21(29-24(19)31)11-12-27-25(26-2)28-17-23(30-13-4-5-14-30)20-9-6-10-22(16-20)32-3/h6-10,15-16,18,23H,4-5,11-14,17H2,1-3H3,(H2,26,27,28). The summed E-state index contributed by atoms with van der Waals surface area (Å²) in [5.41, 5.74) is 4.56. The minimum Gasteiger partial charge on any atom is -0.497 e. The van der Waals surface area contributed by atoms with Crippen molar-refractivity contribution < 1.29 is 4.74 Å². The molecule has 170 valence electrons. The van der Waals surface area contributed by atoms with Gasteiger partial charge in [-0.2, -0.15) is 0 Å². The first-order chi connectivity index (χ1) is 15.7. The molecule has 1 unspecified atom stereocenters. The number of hydrogen-bond acceptors (Lipinski definition) is 4. The molecule has 3 aromatic rings. The number of methoxy groups -OCH3 is 1. The second-order valence-corrected chi connectivity index (χ2v) is 8.32. The lowest BCUT2D eigenvalue weighted by Crippen LogP contribution is -2.43. The van der Waals surface area contributed by atoms with Gasteiger partial charge in [0.25, 0.3) is 0 Å². The van der Waals surface area contributed by atoms with Gasteiger partial charge in [-0.1, -0.05) is 18.2 Å². The lowest BCUT2D eigenvalue weighted by atomic mass is 10.1. The molecule has 2 aromatic heterocycles. The van der Waals surface area contributed by atoms with E-state index in [9.17, 15) is 0 Å². The number of imidazole rings is 1. The van der Waals surface area contributed by atoms with Crippen LogP contribution in [0.2, 0.25) is 0 Å².